The number of quaternary nitrogens is 1. The molecule has 0 spiro atoms. The van der Waals surface area contributed by atoms with Crippen LogP contribution in [0.4, 0.5) is 0 Å². The molecule has 0 bridgehead atoms. The molecule has 0 saturated carbocycles. The van der Waals surface area contributed by atoms with Gasteiger partial charge in [-0.25, -0.2) is 4.57 Å². The maximum atomic E-state index is 13.5. The minimum atomic E-state index is -4.46. The van der Waals surface area contributed by atoms with Crippen molar-refractivity contribution in [3.05, 3.63) is 60.8 Å². The van der Waals surface area contributed by atoms with Crippen molar-refractivity contribution in [3.63, 3.8) is 0 Å². The van der Waals surface area contributed by atoms with Crippen LogP contribution in [-0.4, -0.2) is 74.3 Å². The van der Waals surface area contributed by atoms with Gasteiger partial charge in [-0.15, -0.1) is 0 Å². The summed E-state index contributed by atoms with van der Waals surface area (Å²) in [5.41, 5.74) is 0. The fraction of sp³-hybridized carbons (Fsp3) is 0.803. The molecular formula is C61H114N2O7P+. The Labute approximate surface area is 439 Å². The molecule has 3 atom stereocenters. The fourth-order valence-corrected chi connectivity index (χ4v) is 9.08. The van der Waals surface area contributed by atoms with Gasteiger partial charge in [0.15, 0.2) is 0 Å². The zero-order valence-corrected chi connectivity index (χ0v) is 48.1. The molecule has 0 aliphatic heterocycles. The van der Waals surface area contributed by atoms with Crippen LogP contribution in [0.5, 0.6) is 0 Å². The van der Waals surface area contributed by atoms with Gasteiger partial charge in [0.1, 0.15) is 19.3 Å². The summed E-state index contributed by atoms with van der Waals surface area (Å²) in [6.07, 6.45) is 63.7. The lowest BCUT2D eigenvalue weighted by Gasteiger charge is -2.27. The lowest BCUT2D eigenvalue weighted by molar-refractivity contribution is -0.870. The van der Waals surface area contributed by atoms with E-state index in [9.17, 15) is 19.0 Å². The Balaban J connectivity index is 5.36. The molecule has 0 fully saturated rings. The van der Waals surface area contributed by atoms with E-state index in [0.29, 0.717) is 17.4 Å². The molecule has 2 N–H and O–H groups in total. The highest BCUT2D eigenvalue weighted by Gasteiger charge is 2.30. The zero-order chi connectivity index (χ0) is 52.2. The van der Waals surface area contributed by atoms with Gasteiger partial charge in [-0.05, 0) is 70.3 Å². The smallest absolute Gasteiger partial charge is 0.456 e. The lowest BCUT2D eigenvalue weighted by atomic mass is 10.0. The Bertz CT molecular complexity index is 1400. The van der Waals surface area contributed by atoms with Crippen LogP contribution >= 0.6 is 7.82 Å². The third kappa shape index (κ3) is 52.4. The van der Waals surface area contributed by atoms with Crippen molar-refractivity contribution >= 4 is 19.7 Å². The maximum absolute atomic E-state index is 13.5. The van der Waals surface area contributed by atoms with Gasteiger partial charge < -0.3 is 19.4 Å². The quantitative estimate of drug-likeness (QED) is 0.0205. The van der Waals surface area contributed by atoms with Crippen molar-refractivity contribution in [1.82, 2.24) is 5.32 Å². The molecule has 0 aromatic carbocycles. The van der Waals surface area contributed by atoms with Crippen LogP contribution in [0.1, 0.15) is 265 Å². The average Bonchev–Trinajstić information content (AvgIpc) is 3.33. The molecular weight excluding hydrogens is 904 g/mol. The van der Waals surface area contributed by atoms with Gasteiger partial charge in [-0.2, -0.15) is 0 Å². The Morgan fingerprint density at radius 1 is 0.493 bits per heavy atom. The van der Waals surface area contributed by atoms with Crippen LogP contribution in [0.2, 0.25) is 0 Å². The van der Waals surface area contributed by atoms with Crippen LogP contribution in [0.3, 0.4) is 0 Å². The number of phosphoric ester groups is 1. The summed E-state index contributed by atoms with van der Waals surface area (Å²) >= 11 is 0. The molecule has 414 valence electrons. The number of carbonyl (C=O) groups is 2. The molecule has 0 rings (SSSR count). The highest BCUT2D eigenvalue weighted by Crippen LogP contribution is 2.43. The van der Waals surface area contributed by atoms with Gasteiger partial charge in [0.05, 0.1) is 33.8 Å². The van der Waals surface area contributed by atoms with Gasteiger partial charge in [-0.1, -0.05) is 242 Å². The molecule has 0 aliphatic carbocycles. The molecule has 0 aliphatic rings. The largest absolute Gasteiger partial charge is 0.472 e. The Morgan fingerprint density at radius 3 is 1.34 bits per heavy atom. The first kappa shape index (κ1) is 68.7. The number of likely N-dealkylation sites (N-methyl/N-ethyl adjacent to an activating group) is 1. The van der Waals surface area contributed by atoms with E-state index in [1.807, 2.05) is 33.3 Å². The maximum Gasteiger partial charge on any atom is 0.472 e. The zero-order valence-electron chi connectivity index (χ0n) is 47.2. The standard InChI is InChI=1S/C61H113N2O7P/c1-7-10-13-16-19-22-25-27-29-31-33-35-38-41-44-47-50-53-60(64)62-58(57-69-71(66,67)68-56-55-63(4,5)6)59(52-49-46-43-40-37-24-21-18-15-12-9-3)70-61(65)54-51-48-45-42-39-36-34-32-30-28-26-23-20-17-14-11-8-2/h19,22,27,29,33,35,41,44,49,52,58-59H,7-18,20-21,23-26,28,30-32,34,36-40,42-43,45-48,50-51,53-57H2,1-6H3,(H-,62,64,66,67)/p+1/b22-19-,29-27-,35-33-,44-41-,52-49+. The lowest BCUT2D eigenvalue weighted by Crippen LogP contribution is -2.47. The number of carbonyl (C=O) groups excluding carboxylic acids is 2. The molecule has 1 amide bonds. The topological polar surface area (TPSA) is 111 Å². The van der Waals surface area contributed by atoms with Crippen molar-refractivity contribution in [2.24, 2.45) is 0 Å². The number of rotatable bonds is 53. The molecule has 10 heteroatoms. The van der Waals surface area contributed by atoms with E-state index in [1.165, 1.54) is 161 Å². The first-order chi connectivity index (χ1) is 34.4. The van der Waals surface area contributed by atoms with Crippen molar-refractivity contribution in [2.75, 3.05) is 40.9 Å². The van der Waals surface area contributed by atoms with E-state index in [1.54, 1.807) is 0 Å². The van der Waals surface area contributed by atoms with Crippen LogP contribution < -0.4 is 5.32 Å². The van der Waals surface area contributed by atoms with E-state index >= 15 is 0 Å². The first-order valence-corrected chi connectivity index (χ1v) is 31.1. The van der Waals surface area contributed by atoms with Crippen molar-refractivity contribution in [2.45, 2.75) is 277 Å². The number of esters is 1. The highest BCUT2D eigenvalue weighted by molar-refractivity contribution is 7.47. The first-order valence-electron chi connectivity index (χ1n) is 29.6. The molecule has 9 nitrogen and oxygen atoms in total. The van der Waals surface area contributed by atoms with Gasteiger partial charge >= 0.3 is 13.8 Å². The van der Waals surface area contributed by atoms with E-state index in [-0.39, 0.29) is 37.9 Å². The van der Waals surface area contributed by atoms with Crippen molar-refractivity contribution in [1.29, 1.82) is 0 Å². The summed E-state index contributed by atoms with van der Waals surface area (Å²) in [7, 11) is 1.46. The van der Waals surface area contributed by atoms with Crippen LogP contribution in [0, 0.1) is 0 Å². The number of ether oxygens (including phenoxy) is 1. The summed E-state index contributed by atoms with van der Waals surface area (Å²) in [6, 6.07) is -0.875. The summed E-state index contributed by atoms with van der Waals surface area (Å²) in [6.45, 7) is 6.95. The number of nitrogens with zero attached hydrogens (tertiary/aromatic N) is 1. The number of amides is 1. The number of hydrogen-bond acceptors (Lipinski definition) is 6. The number of phosphoric acid groups is 1. The Morgan fingerprint density at radius 2 is 0.873 bits per heavy atom. The highest BCUT2D eigenvalue weighted by atomic mass is 31.2. The number of allylic oxidation sites excluding steroid dienone is 9. The van der Waals surface area contributed by atoms with E-state index < -0.39 is 20.0 Å². The van der Waals surface area contributed by atoms with Crippen LogP contribution in [0.15, 0.2) is 60.8 Å². The normalized spacial score (nSPS) is 14.2. The number of hydrogen-bond donors (Lipinski definition) is 2. The van der Waals surface area contributed by atoms with Crippen LogP contribution in [-0.2, 0) is 27.9 Å². The molecule has 3 unspecified atom stereocenters. The Kier molecular flexibility index (Phi) is 49.6. The molecule has 71 heavy (non-hydrogen) atoms. The van der Waals surface area contributed by atoms with Gasteiger partial charge in [-0.3, -0.25) is 18.6 Å². The SMILES string of the molecule is CCCCC/C=C\C/C=C\C/C=C\C/C=C\CCCC(=O)NC(COP(=O)(O)OCC[N+](C)(C)C)C(/C=C/CCCCCCCCCCC)OC(=O)CCCCCCCCCCCCCCCCCCC. The summed E-state index contributed by atoms with van der Waals surface area (Å²) in [5.74, 6) is -0.565. The van der Waals surface area contributed by atoms with Crippen molar-refractivity contribution in [3.8, 4) is 0 Å². The van der Waals surface area contributed by atoms with Gasteiger partial charge in [0, 0.05) is 12.8 Å². The van der Waals surface area contributed by atoms with Crippen LogP contribution in [0.25, 0.3) is 0 Å². The molecule has 0 radical (unpaired) electrons. The van der Waals surface area contributed by atoms with E-state index in [0.717, 1.165) is 64.2 Å². The third-order valence-electron chi connectivity index (χ3n) is 13.0. The second kappa shape index (κ2) is 51.2. The second-order valence-corrected chi connectivity index (χ2v) is 22.6. The third-order valence-corrected chi connectivity index (χ3v) is 13.9. The monoisotopic (exact) mass is 1020 g/mol. The predicted octanol–water partition coefficient (Wildman–Crippen LogP) is 17.9. The number of unbranched alkanes of at least 4 members (excludes halogenated alkanes) is 29. The number of nitrogens with one attached hydrogen (secondary N) is 1. The summed E-state index contributed by atoms with van der Waals surface area (Å²) < 4.78 is 30.6. The molecule has 0 saturated heterocycles. The van der Waals surface area contributed by atoms with E-state index in [2.05, 4.69) is 74.7 Å². The second-order valence-electron chi connectivity index (χ2n) is 21.2. The van der Waals surface area contributed by atoms with Crippen molar-refractivity contribution < 1.29 is 37.3 Å². The molecule has 0 aromatic rings. The minimum absolute atomic E-state index is 0.0300. The van der Waals surface area contributed by atoms with Gasteiger partial charge in [0.2, 0.25) is 5.91 Å². The fourth-order valence-electron chi connectivity index (χ4n) is 8.34. The summed E-state index contributed by atoms with van der Waals surface area (Å²) in [5, 5.41) is 3.02. The van der Waals surface area contributed by atoms with Gasteiger partial charge in [0.25, 0.3) is 0 Å². The Hall–Kier alpha value is -2.29. The molecule has 0 heterocycles. The predicted molar refractivity (Wildman–Crippen MR) is 305 cm³/mol. The summed E-state index contributed by atoms with van der Waals surface area (Å²) in [4.78, 5) is 37.6. The van der Waals surface area contributed by atoms with E-state index in [4.69, 9.17) is 13.8 Å². The average molecular weight is 1020 g/mol. The minimum Gasteiger partial charge on any atom is -0.456 e. The molecule has 0 aromatic heterocycles.